The molecule has 4 rings (SSSR count). The zero-order chi connectivity index (χ0) is 17.9. The van der Waals surface area contributed by atoms with E-state index >= 15 is 0 Å². The zero-order valence-corrected chi connectivity index (χ0v) is 15.0. The van der Waals surface area contributed by atoms with Crippen LogP contribution in [0.3, 0.4) is 0 Å². The maximum absolute atomic E-state index is 14.6. The van der Waals surface area contributed by atoms with Gasteiger partial charge >= 0.3 is 6.18 Å². The molecule has 2 aliphatic heterocycles. The Hall–Kier alpha value is -1.19. The molecular formula is C15H12BrClF4N4. The maximum Gasteiger partial charge on any atom is 0.417 e. The van der Waals surface area contributed by atoms with Crippen molar-refractivity contribution in [3.8, 4) is 0 Å². The monoisotopic (exact) mass is 438 g/mol. The molecule has 2 aliphatic rings. The van der Waals surface area contributed by atoms with E-state index in [0.717, 1.165) is 18.9 Å². The van der Waals surface area contributed by atoms with E-state index in [0.29, 0.717) is 13.1 Å². The zero-order valence-electron chi connectivity index (χ0n) is 12.7. The Morgan fingerprint density at radius 3 is 2.44 bits per heavy atom. The van der Waals surface area contributed by atoms with Crippen molar-refractivity contribution in [3.05, 3.63) is 27.2 Å². The summed E-state index contributed by atoms with van der Waals surface area (Å²) in [6.45, 7) is 1.16. The molecule has 0 saturated carbocycles. The molecule has 2 fully saturated rings. The number of rotatable bonds is 1. The minimum Gasteiger partial charge on any atom is -0.353 e. The lowest BCUT2D eigenvalue weighted by molar-refractivity contribution is -0.138. The van der Waals surface area contributed by atoms with Crippen molar-refractivity contribution in [2.24, 2.45) is 0 Å². The predicted molar refractivity (Wildman–Crippen MR) is 89.4 cm³/mol. The third kappa shape index (κ3) is 2.96. The average Bonchev–Trinajstić information content (AvgIpc) is 2.87. The van der Waals surface area contributed by atoms with Gasteiger partial charge in [0.15, 0.2) is 5.82 Å². The predicted octanol–water partition coefficient (Wildman–Crippen LogP) is 4.14. The molecule has 25 heavy (non-hydrogen) atoms. The van der Waals surface area contributed by atoms with Crippen molar-refractivity contribution in [2.45, 2.75) is 31.1 Å². The summed E-state index contributed by atoms with van der Waals surface area (Å²) in [6, 6.07) is 1.37. The fourth-order valence-electron chi connectivity index (χ4n) is 3.58. The average molecular weight is 440 g/mol. The molecule has 4 nitrogen and oxygen atoms in total. The SMILES string of the molecule is Fc1c(Br)c(C(F)(F)F)cc2c(N3CC4CCC(C3)N4)nc(Cl)nc12. The second kappa shape index (κ2) is 5.92. The quantitative estimate of drug-likeness (QED) is 0.536. The van der Waals surface area contributed by atoms with Gasteiger partial charge in [-0.15, -0.1) is 0 Å². The van der Waals surface area contributed by atoms with Crippen molar-refractivity contribution in [1.82, 2.24) is 15.3 Å². The van der Waals surface area contributed by atoms with Crippen LogP contribution < -0.4 is 10.2 Å². The Morgan fingerprint density at radius 2 is 1.84 bits per heavy atom. The van der Waals surface area contributed by atoms with Crippen molar-refractivity contribution in [2.75, 3.05) is 18.0 Å². The van der Waals surface area contributed by atoms with Gasteiger partial charge in [0.1, 0.15) is 11.3 Å². The Balaban J connectivity index is 1.93. The molecule has 0 aliphatic carbocycles. The third-order valence-electron chi connectivity index (χ3n) is 4.65. The van der Waals surface area contributed by atoms with Gasteiger partial charge in [0.05, 0.1) is 10.0 Å². The number of piperazine rings is 1. The Morgan fingerprint density at radius 1 is 1.20 bits per heavy atom. The summed E-state index contributed by atoms with van der Waals surface area (Å²) in [5, 5.41) is 3.25. The first-order valence-electron chi connectivity index (χ1n) is 7.67. The Kier molecular flexibility index (Phi) is 4.08. The number of hydrogen-bond donors (Lipinski definition) is 1. The van der Waals surface area contributed by atoms with Gasteiger partial charge in [-0.05, 0) is 46.4 Å². The van der Waals surface area contributed by atoms with Crippen molar-refractivity contribution >= 4 is 44.3 Å². The van der Waals surface area contributed by atoms with Crippen LogP contribution in [0.5, 0.6) is 0 Å². The first-order chi connectivity index (χ1) is 11.7. The molecule has 1 N–H and O–H groups in total. The molecule has 0 radical (unpaired) electrons. The van der Waals surface area contributed by atoms with Crippen LogP contribution in [-0.2, 0) is 6.18 Å². The van der Waals surface area contributed by atoms with Gasteiger partial charge in [-0.1, -0.05) is 0 Å². The summed E-state index contributed by atoms with van der Waals surface area (Å²) < 4.78 is 53.7. The molecule has 0 amide bonds. The van der Waals surface area contributed by atoms with Crippen molar-refractivity contribution in [1.29, 1.82) is 0 Å². The molecule has 0 spiro atoms. The van der Waals surface area contributed by atoms with Gasteiger partial charge in [-0.3, -0.25) is 0 Å². The van der Waals surface area contributed by atoms with Crippen LogP contribution in [0.2, 0.25) is 5.28 Å². The number of anilines is 1. The van der Waals surface area contributed by atoms with Crippen molar-refractivity contribution in [3.63, 3.8) is 0 Å². The van der Waals surface area contributed by atoms with E-state index in [1.807, 2.05) is 4.90 Å². The molecule has 3 heterocycles. The number of nitrogens with zero attached hydrogens (tertiary/aromatic N) is 3. The number of fused-ring (bicyclic) bond motifs is 3. The van der Waals surface area contributed by atoms with Gasteiger partial charge < -0.3 is 10.2 Å². The standard InChI is InChI=1S/C15H12BrClF4N4/c16-10-9(15(19,20)21)3-8-12(11(10)18)23-14(17)24-13(8)25-4-6-1-2-7(5-25)22-6/h3,6-7,22H,1-2,4-5H2. The number of halogens is 6. The van der Waals surface area contributed by atoms with E-state index in [1.54, 1.807) is 0 Å². The first kappa shape index (κ1) is 17.2. The number of alkyl halides is 3. The highest BCUT2D eigenvalue weighted by Crippen LogP contribution is 2.41. The van der Waals surface area contributed by atoms with Crippen LogP contribution in [-0.4, -0.2) is 35.1 Å². The summed E-state index contributed by atoms with van der Waals surface area (Å²) >= 11 is 8.61. The number of nitrogens with one attached hydrogen (secondary N) is 1. The summed E-state index contributed by atoms with van der Waals surface area (Å²) in [7, 11) is 0. The topological polar surface area (TPSA) is 41.0 Å². The van der Waals surface area contributed by atoms with Crippen LogP contribution in [0.25, 0.3) is 10.9 Å². The van der Waals surface area contributed by atoms with E-state index in [4.69, 9.17) is 11.6 Å². The second-order valence-corrected chi connectivity index (χ2v) is 7.44. The van der Waals surface area contributed by atoms with Crippen LogP contribution in [0.15, 0.2) is 10.5 Å². The number of hydrogen-bond acceptors (Lipinski definition) is 4. The molecule has 1 aromatic carbocycles. The van der Waals surface area contributed by atoms with Gasteiger partial charge in [-0.2, -0.15) is 18.2 Å². The number of benzene rings is 1. The van der Waals surface area contributed by atoms with Crippen LogP contribution in [0.1, 0.15) is 18.4 Å². The normalized spacial score (nSPS) is 23.5. The summed E-state index contributed by atoms with van der Waals surface area (Å²) in [6.07, 6.45) is -2.72. The molecule has 2 unspecified atom stereocenters. The third-order valence-corrected chi connectivity index (χ3v) is 5.59. The molecule has 2 atom stereocenters. The molecule has 1 aromatic heterocycles. The summed E-state index contributed by atoms with van der Waals surface area (Å²) in [4.78, 5) is 9.79. The molecule has 2 aromatic rings. The largest absolute Gasteiger partial charge is 0.417 e. The van der Waals surface area contributed by atoms with Crippen LogP contribution in [0.4, 0.5) is 23.4 Å². The lowest BCUT2D eigenvalue weighted by Gasteiger charge is -2.34. The van der Waals surface area contributed by atoms with E-state index in [1.165, 1.54) is 0 Å². The molecular weight excluding hydrogens is 428 g/mol. The molecule has 134 valence electrons. The summed E-state index contributed by atoms with van der Waals surface area (Å²) in [5.41, 5.74) is -1.32. The second-order valence-electron chi connectivity index (χ2n) is 6.31. The van der Waals surface area contributed by atoms with Gasteiger partial charge in [0.2, 0.25) is 5.28 Å². The fourth-order valence-corrected chi connectivity index (χ4v) is 4.27. The van der Waals surface area contributed by atoms with E-state index in [-0.39, 0.29) is 34.1 Å². The lowest BCUT2D eigenvalue weighted by atomic mass is 10.1. The van der Waals surface area contributed by atoms with Crippen LogP contribution >= 0.6 is 27.5 Å². The first-order valence-corrected chi connectivity index (χ1v) is 8.84. The Labute approximate surface area is 153 Å². The van der Waals surface area contributed by atoms with Crippen LogP contribution in [0, 0.1) is 5.82 Å². The number of aromatic nitrogens is 2. The molecule has 2 saturated heterocycles. The Bertz CT molecular complexity index is 848. The maximum atomic E-state index is 14.6. The highest BCUT2D eigenvalue weighted by Gasteiger charge is 2.37. The lowest BCUT2D eigenvalue weighted by Crippen LogP contribution is -2.51. The fraction of sp³-hybridized carbons (Fsp3) is 0.467. The van der Waals surface area contributed by atoms with Gasteiger partial charge in [0, 0.05) is 30.6 Å². The van der Waals surface area contributed by atoms with E-state index in [2.05, 4.69) is 31.2 Å². The van der Waals surface area contributed by atoms with Gasteiger partial charge in [0.25, 0.3) is 0 Å². The molecule has 2 bridgehead atoms. The summed E-state index contributed by atoms with van der Waals surface area (Å²) in [5.74, 6) is -0.848. The minimum atomic E-state index is -4.70. The van der Waals surface area contributed by atoms with E-state index in [9.17, 15) is 17.6 Å². The van der Waals surface area contributed by atoms with Crippen molar-refractivity contribution < 1.29 is 17.6 Å². The minimum absolute atomic E-state index is 0.0127. The smallest absolute Gasteiger partial charge is 0.353 e. The van der Waals surface area contributed by atoms with Gasteiger partial charge in [-0.25, -0.2) is 9.37 Å². The molecule has 10 heteroatoms. The highest BCUT2D eigenvalue weighted by atomic mass is 79.9. The van der Waals surface area contributed by atoms with E-state index < -0.39 is 22.0 Å². The highest BCUT2D eigenvalue weighted by molar-refractivity contribution is 9.10.